The van der Waals surface area contributed by atoms with Crippen LogP contribution >= 0.6 is 0 Å². The molecule has 0 N–H and O–H groups in total. The van der Waals surface area contributed by atoms with E-state index >= 15 is 0 Å². The quantitative estimate of drug-likeness (QED) is 0.772. The first kappa shape index (κ1) is 19.7. The summed E-state index contributed by atoms with van der Waals surface area (Å²) in [6.07, 6.45) is 0. The van der Waals surface area contributed by atoms with E-state index in [9.17, 15) is 12.8 Å². The summed E-state index contributed by atoms with van der Waals surface area (Å²) < 4.78 is 41.2. The average molecular weight is 417 g/mol. The average Bonchev–Trinajstić information content (AvgIpc) is 3.19. The van der Waals surface area contributed by atoms with Gasteiger partial charge in [-0.05, 0) is 49.7 Å². The monoisotopic (exact) mass is 416 g/mol. The lowest BCUT2D eigenvalue weighted by Crippen LogP contribution is -2.53. The second-order valence-electron chi connectivity index (χ2n) is 7.48. The zero-order chi connectivity index (χ0) is 20.6. The molecule has 0 aromatic heterocycles. The molecule has 8 heteroatoms. The third-order valence-electron chi connectivity index (χ3n) is 5.43. The van der Waals surface area contributed by atoms with Gasteiger partial charge in [-0.3, -0.25) is 4.99 Å². The van der Waals surface area contributed by atoms with E-state index in [0.717, 1.165) is 29.9 Å². The van der Waals surface area contributed by atoms with Gasteiger partial charge in [-0.15, -0.1) is 0 Å². The van der Waals surface area contributed by atoms with E-state index in [0.29, 0.717) is 37.0 Å². The summed E-state index contributed by atoms with van der Waals surface area (Å²) in [7, 11) is -3.65. The van der Waals surface area contributed by atoms with Crippen molar-refractivity contribution in [2.45, 2.75) is 18.7 Å². The molecule has 1 fully saturated rings. The third-order valence-corrected chi connectivity index (χ3v) is 7.37. The molecule has 6 nitrogen and oxygen atoms in total. The normalized spacial score (nSPS) is 17.6. The van der Waals surface area contributed by atoms with Crippen LogP contribution in [0.3, 0.4) is 0 Å². The molecular weight excluding hydrogens is 391 g/mol. The fourth-order valence-corrected chi connectivity index (χ4v) is 5.58. The SMILES string of the molecule is Cc1ccc(S(=O)(=O)N2CCN=C2N2CCN(c3ccc(F)cc3)CC2)c(C)c1. The Balaban J connectivity index is 1.50. The molecule has 0 amide bonds. The predicted octanol–water partition coefficient (Wildman–Crippen LogP) is 2.63. The zero-order valence-corrected chi connectivity index (χ0v) is 17.5. The summed E-state index contributed by atoms with van der Waals surface area (Å²) in [5.74, 6) is 0.281. The molecule has 0 radical (unpaired) electrons. The standard InChI is InChI=1S/C21H25FN4O2S/c1-16-3-8-20(17(2)15-16)29(27,28)26-10-9-23-21(26)25-13-11-24(12-14-25)19-6-4-18(22)5-7-19/h3-8,15H,9-14H2,1-2H3. The first-order valence-electron chi connectivity index (χ1n) is 9.76. The van der Waals surface area contributed by atoms with Gasteiger partial charge in [0, 0.05) is 31.9 Å². The van der Waals surface area contributed by atoms with Crippen LogP contribution in [-0.2, 0) is 10.0 Å². The van der Waals surface area contributed by atoms with Crippen LogP contribution in [0.5, 0.6) is 0 Å². The van der Waals surface area contributed by atoms with Gasteiger partial charge in [-0.1, -0.05) is 17.7 Å². The minimum absolute atomic E-state index is 0.250. The van der Waals surface area contributed by atoms with Crippen LogP contribution in [0.1, 0.15) is 11.1 Å². The van der Waals surface area contributed by atoms with Crippen LogP contribution in [0.25, 0.3) is 0 Å². The molecule has 0 aliphatic carbocycles. The molecule has 2 aliphatic rings. The van der Waals surface area contributed by atoms with Crippen molar-refractivity contribution in [2.24, 2.45) is 4.99 Å². The van der Waals surface area contributed by atoms with Crippen molar-refractivity contribution in [2.75, 3.05) is 44.2 Å². The van der Waals surface area contributed by atoms with Crippen molar-refractivity contribution in [3.63, 3.8) is 0 Å². The molecule has 4 rings (SSSR count). The van der Waals surface area contributed by atoms with Gasteiger partial charge >= 0.3 is 0 Å². The van der Waals surface area contributed by atoms with Crippen LogP contribution in [0.4, 0.5) is 10.1 Å². The van der Waals surface area contributed by atoms with E-state index in [1.165, 1.54) is 16.4 Å². The van der Waals surface area contributed by atoms with E-state index in [1.54, 1.807) is 18.2 Å². The van der Waals surface area contributed by atoms with Crippen molar-refractivity contribution in [1.29, 1.82) is 0 Å². The molecule has 0 bridgehead atoms. The highest BCUT2D eigenvalue weighted by atomic mass is 32.2. The van der Waals surface area contributed by atoms with Gasteiger partial charge in [0.1, 0.15) is 5.82 Å². The van der Waals surface area contributed by atoms with Gasteiger partial charge in [-0.25, -0.2) is 17.1 Å². The van der Waals surface area contributed by atoms with E-state index in [1.807, 2.05) is 30.9 Å². The number of benzene rings is 2. The van der Waals surface area contributed by atoms with E-state index < -0.39 is 10.0 Å². The Morgan fingerprint density at radius 3 is 2.21 bits per heavy atom. The first-order chi connectivity index (χ1) is 13.9. The van der Waals surface area contributed by atoms with Crippen molar-refractivity contribution >= 4 is 21.7 Å². The number of sulfonamides is 1. The van der Waals surface area contributed by atoms with Gasteiger partial charge in [-0.2, -0.15) is 0 Å². The number of hydrogen-bond donors (Lipinski definition) is 0. The fourth-order valence-electron chi connectivity index (χ4n) is 3.93. The molecule has 1 saturated heterocycles. The van der Waals surface area contributed by atoms with Crippen LogP contribution in [0.2, 0.25) is 0 Å². The van der Waals surface area contributed by atoms with Gasteiger partial charge in [0.2, 0.25) is 5.96 Å². The summed E-state index contributed by atoms with van der Waals surface area (Å²) in [6, 6.07) is 11.9. The third kappa shape index (κ3) is 3.81. The number of aliphatic imine (C=N–C) groups is 1. The van der Waals surface area contributed by atoms with E-state index in [-0.39, 0.29) is 5.82 Å². The summed E-state index contributed by atoms with van der Waals surface area (Å²) in [5, 5.41) is 0. The minimum atomic E-state index is -3.65. The van der Waals surface area contributed by atoms with Crippen LogP contribution in [0, 0.1) is 19.7 Å². The lowest BCUT2D eigenvalue weighted by Gasteiger charge is -2.39. The van der Waals surface area contributed by atoms with Gasteiger partial charge in [0.15, 0.2) is 0 Å². The molecule has 0 saturated carbocycles. The maximum Gasteiger partial charge on any atom is 0.266 e. The Morgan fingerprint density at radius 1 is 0.897 bits per heavy atom. The van der Waals surface area contributed by atoms with E-state index in [4.69, 9.17) is 0 Å². The molecule has 0 spiro atoms. The fraction of sp³-hybridized carbons (Fsp3) is 0.381. The smallest absolute Gasteiger partial charge is 0.266 e. The second kappa shape index (κ2) is 7.67. The molecule has 0 unspecified atom stereocenters. The molecule has 2 aromatic carbocycles. The number of nitrogens with zero attached hydrogens (tertiary/aromatic N) is 4. The predicted molar refractivity (Wildman–Crippen MR) is 112 cm³/mol. The second-order valence-corrected chi connectivity index (χ2v) is 9.31. The maximum absolute atomic E-state index is 13.3. The minimum Gasteiger partial charge on any atom is -0.368 e. The summed E-state index contributed by atoms with van der Waals surface area (Å²) in [6.45, 7) is 7.39. The highest BCUT2D eigenvalue weighted by Gasteiger charge is 2.35. The van der Waals surface area contributed by atoms with Crippen molar-refractivity contribution in [1.82, 2.24) is 9.21 Å². The van der Waals surface area contributed by atoms with Crippen molar-refractivity contribution < 1.29 is 12.8 Å². The number of rotatable bonds is 3. The lowest BCUT2D eigenvalue weighted by atomic mass is 10.2. The molecule has 154 valence electrons. The molecular formula is C21H25FN4O2S. The Morgan fingerprint density at radius 2 is 1.55 bits per heavy atom. The number of hydrogen-bond acceptors (Lipinski definition) is 5. The summed E-state index contributed by atoms with van der Waals surface area (Å²) in [4.78, 5) is 9.06. The topological polar surface area (TPSA) is 56.2 Å². The van der Waals surface area contributed by atoms with Crippen LogP contribution in [-0.4, -0.2) is 62.9 Å². The Kier molecular flexibility index (Phi) is 5.21. The zero-order valence-electron chi connectivity index (χ0n) is 16.7. The molecule has 29 heavy (non-hydrogen) atoms. The van der Waals surface area contributed by atoms with Gasteiger partial charge in [0.25, 0.3) is 10.0 Å². The molecule has 2 aromatic rings. The molecule has 0 atom stereocenters. The maximum atomic E-state index is 13.3. The Hall–Kier alpha value is -2.61. The van der Waals surface area contributed by atoms with E-state index in [2.05, 4.69) is 9.89 Å². The number of anilines is 1. The summed E-state index contributed by atoms with van der Waals surface area (Å²) >= 11 is 0. The first-order valence-corrected chi connectivity index (χ1v) is 11.2. The number of aryl methyl sites for hydroxylation is 2. The van der Waals surface area contributed by atoms with Crippen molar-refractivity contribution in [3.05, 3.63) is 59.4 Å². The lowest BCUT2D eigenvalue weighted by molar-refractivity contribution is 0.358. The molecule has 2 heterocycles. The Bertz CT molecular complexity index is 1030. The summed E-state index contributed by atoms with van der Waals surface area (Å²) in [5.41, 5.74) is 2.75. The van der Waals surface area contributed by atoms with Crippen LogP contribution < -0.4 is 4.90 Å². The Labute approximate surface area is 171 Å². The molecule has 2 aliphatic heterocycles. The number of piperazine rings is 1. The highest BCUT2D eigenvalue weighted by Crippen LogP contribution is 2.25. The van der Waals surface area contributed by atoms with Crippen LogP contribution in [0.15, 0.2) is 52.4 Å². The highest BCUT2D eigenvalue weighted by molar-refractivity contribution is 7.89. The number of guanidine groups is 1. The van der Waals surface area contributed by atoms with Gasteiger partial charge < -0.3 is 9.80 Å². The van der Waals surface area contributed by atoms with Gasteiger partial charge in [0.05, 0.1) is 18.0 Å². The number of halogens is 1. The van der Waals surface area contributed by atoms with Crippen molar-refractivity contribution in [3.8, 4) is 0 Å². The largest absolute Gasteiger partial charge is 0.368 e.